The van der Waals surface area contributed by atoms with E-state index in [0.717, 1.165) is 34.9 Å². The molecule has 0 atom stereocenters. The zero-order valence-corrected chi connectivity index (χ0v) is 8.73. The fourth-order valence-electron chi connectivity index (χ4n) is 1.82. The maximum Gasteiger partial charge on any atom is 0.347 e. The highest BCUT2D eigenvalue weighted by Gasteiger charge is 2.18. The van der Waals surface area contributed by atoms with Crippen molar-refractivity contribution in [2.24, 2.45) is 0 Å². The molecule has 0 unspecified atom stereocenters. The third-order valence-electron chi connectivity index (χ3n) is 2.47. The highest BCUT2D eigenvalue weighted by Crippen LogP contribution is 2.30. The topological polar surface area (TPSA) is 57.8 Å². The maximum absolute atomic E-state index is 11.3. The van der Waals surface area contributed by atoms with Crippen LogP contribution in [0.4, 0.5) is 5.82 Å². The van der Waals surface area contributed by atoms with E-state index in [1.54, 1.807) is 11.3 Å². The number of aromatic nitrogens is 2. The van der Waals surface area contributed by atoms with Gasteiger partial charge < -0.3 is 10.3 Å². The smallest absolute Gasteiger partial charge is 0.347 e. The molecule has 2 aromatic heterocycles. The van der Waals surface area contributed by atoms with E-state index < -0.39 is 0 Å². The predicted molar refractivity (Wildman–Crippen MR) is 60.4 cm³/mol. The highest BCUT2D eigenvalue weighted by molar-refractivity contribution is 7.13. The number of H-pyrrole nitrogens is 1. The summed E-state index contributed by atoms with van der Waals surface area (Å²) in [6.07, 6.45) is 0.923. The van der Waals surface area contributed by atoms with Crippen molar-refractivity contribution in [3.8, 4) is 10.6 Å². The molecule has 2 N–H and O–H groups in total. The van der Waals surface area contributed by atoms with Gasteiger partial charge in [-0.25, -0.2) is 4.79 Å². The Kier molecular flexibility index (Phi) is 1.85. The minimum Gasteiger partial charge on any atom is -0.369 e. The number of anilines is 1. The van der Waals surface area contributed by atoms with Gasteiger partial charge in [0.25, 0.3) is 0 Å². The summed E-state index contributed by atoms with van der Waals surface area (Å²) in [5, 5.41) is 5.12. The van der Waals surface area contributed by atoms with Gasteiger partial charge in [0.1, 0.15) is 5.82 Å². The molecule has 3 rings (SSSR count). The first-order valence-electron chi connectivity index (χ1n) is 4.75. The lowest BCUT2D eigenvalue weighted by atomic mass is 10.1. The number of fused-ring (bicyclic) bond motifs is 1. The van der Waals surface area contributed by atoms with Crippen molar-refractivity contribution in [2.75, 3.05) is 11.9 Å². The zero-order chi connectivity index (χ0) is 10.3. The average molecular weight is 219 g/mol. The Hall–Kier alpha value is -1.62. The van der Waals surface area contributed by atoms with E-state index in [1.165, 1.54) is 0 Å². The second-order valence-electron chi connectivity index (χ2n) is 3.40. The van der Waals surface area contributed by atoms with Crippen LogP contribution in [0.2, 0.25) is 0 Å². The van der Waals surface area contributed by atoms with Crippen LogP contribution in [0.15, 0.2) is 22.3 Å². The lowest BCUT2D eigenvalue weighted by molar-refractivity contribution is 1.06. The molecule has 76 valence electrons. The lowest BCUT2D eigenvalue weighted by Crippen LogP contribution is -2.13. The molecule has 5 heteroatoms. The van der Waals surface area contributed by atoms with Gasteiger partial charge in [0, 0.05) is 12.1 Å². The van der Waals surface area contributed by atoms with Crippen LogP contribution in [-0.2, 0) is 6.42 Å². The Balaban J connectivity index is 2.28. The minimum absolute atomic E-state index is 0.286. The fourth-order valence-corrected chi connectivity index (χ4v) is 2.58. The molecule has 0 bridgehead atoms. The van der Waals surface area contributed by atoms with E-state index in [4.69, 9.17) is 0 Å². The summed E-state index contributed by atoms with van der Waals surface area (Å²) in [7, 11) is 0. The maximum atomic E-state index is 11.3. The molecular weight excluding hydrogens is 210 g/mol. The summed E-state index contributed by atoms with van der Waals surface area (Å²) in [5.74, 6) is 0.738. The summed E-state index contributed by atoms with van der Waals surface area (Å²) in [5.41, 5.74) is 1.76. The van der Waals surface area contributed by atoms with E-state index in [-0.39, 0.29) is 5.69 Å². The van der Waals surface area contributed by atoms with Crippen molar-refractivity contribution in [3.05, 3.63) is 33.6 Å². The minimum atomic E-state index is -0.286. The molecule has 15 heavy (non-hydrogen) atoms. The summed E-state index contributed by atoms with van der Waals surface area (Å²) >= 11 is 1.63. The van der Waals surface area contributed by atoms with Crippen LogP contribution < -0.4 is 11.0 Å². The van der Waals surface area contributed by atoms with Crippen molar-refractivity contribution in [1.29, 1.82) is 0 Å². The van der Waals surface area contributed by atoms with Crippen LogP contribution in [0.25, 0.3) is 10.6 Å². The number of nitrogens with zero attached hydrogens (tertiary/aromatic N) is 1. The standard InChI is InChI=1S/C10H9N3OS/c14-10-12-8(7-2-1-5-15-7)6-3-4-11-9(6)13-10/h1-2,5H,3-4H2,(H2,11,12,13,14). The van der Waals surface area contributed by atoms with E-state index in [2.05, 4.69) is 15.3 Å². The first kappa shape index (κ1) is 8.67. The van der Waals surface area contributed by atoms with Gasteiger partial charge in [-0.15, -0.1) is 11.3 Å². The van der Waals surface area contributed by atoms with Crippen LogP contribution in [0.3, 0.4) is 0 Å². The Morgan fingerprint density at radius 3 is 3.20 bits per heavy atom. The Labute approximate surface area is 90.0 Å². The molecule has 1 aliphatic rings. The van der Waals surface area contributed by atoms with Gasteiger partial charge in [-0.2, -0.15) is 4.98 Å². The zero-order valence-electron chi connectivity index (χ0n) is 7.91. The molecule has 0 spiro atoms. The number of rotatable bonds is 1. The normalized spacial score (nSPS) is 13.6. The monoisotopic (exact) mass is 219 g/mol. The van der Waals surface area contributed by atoms with Gasteiger partial charge in [0.15, 0.2) is 0 Å². The summed E-state index contributed by atoms with van der Waals surface area (Å²) in [6.45, 7) is 0.859. The number of thiophene rings is 1. The third kappa shape index (κ3) is 1.35. The van der Waals surface area contributed by atoms with E-state index in [9.17, 15) is 4.79 Å². The predicted octanol–water partition coefficient (Wildman–Crippen LogP) is 1.47. The van der Waals surface area contributed by atoms with E-state index in [0.29, 0.717) is 0 Å². The number of nitrogens with one attached hydrogen (secondary N) is 2. The number of hydrogen-bond acceptors (Lipinski definition) is 4. The van der Waals surface area contributed by atoms with Gasteiger partial charge in [-0.05, 0) is 17.9 Å². The van der Waals surface area contributed by atoms with Crippen LogP contribution in [0.5, 0.6) is 0 Å². The first-order valence-corrected chi connectivity index (χ1v) is 5.63. The summed E-state index contributed by atoms with van der Waals surface area (Å²) < 4.78 is 0. The van der Waals surface area contributed by atoms with Crippen LogP contribution in [0.1, 0.15) is 5.56 Å². The summed E-state index contributed by atoms with van der Waals surface area (Å²) in [6, 6.07) is 3.99. The SMILES string of the molecule is O=c1nc2c(c(-c3cccs3)[nH]1)CCN2. The average Bonchev–Trinajstić information content (AvgIpc) is 2.86. The number of aromatic amines is 1. The molecule has 0 fully saturated rings. The van der Waals surface area contributed by atoms with Crippen LogP contribution in [-0.4, -0.2) is 16.5 Å². The molecule has 0 aromatic carbocycles. The van der Waals surface area contributed by atoms with Gasteiger partial charge in [-0.1, -0.05) is 6.07 Å². The quantitative estimate of drug-likeness (QED) is 0.763. The molecule has 3 heterocycles. The molecule has 0 aliphatic carbocycles. The molecule has 0 amide bonds. The molecule has 2 aromatic rings. The van der Waals surface area contributed by atoms with Crippen molar-refractivity contribution in [1.82, 2.24) is 9.97 Å². The van der Waals surface area contributed by atoms with Gasteiger partial charge >= 0.3 is 5.69 Å². The van der Waals surface area contributed by atoms with Gasteiger partial charge in [0.05, 0.1) is 10.6 Å². The van der Waals surface area contributed by atoms with Gasteiger partial charge in [-0.3, -0.25) is 0 Å². The first-order chi connectivity index (χ1) is 7.34. The second-order valence-corrected chi connectivity index (χ2v) is 4.35. The Morgan fingerprint density at radius 1 is 1.47 bits per heavy atom. The third-order valence-corrected chi connectivity index (χ3v) is 3.36. The largest absolute Gasteiger partial charge is 0.369 e. The Bertz CT molecular complexity index is 544. The molecule has 4 nitrogen and oxygen atoms in total. The van der Waals surface area contributed by atoms with Crippen molar-refractivity contribution < 1.29 is 0 Å². The lowest BCUT2D eigenvalue weighted by Gasteiger charge is -2.03. The van der Waals surface area contributed by atoms with Crippen LogP contribution in [0, 0.1) is 0 Å². The van der Waals surface area contributed by atoms with Crippen molar-refractivity contribution in [2.45, 2.75) is 6.42 Å². The van der Waals surface area contributed by atoms with E-state index >= 15 is 0 Å². The fraction of sp³-hybridized carbons (Fsp3) is 0.200. The van der Waals surface area contributed by atoms with Crippen molar-refractivity contribution >= 4 is 17.2 Å². The van der Waals surface area contributed by atoms with E-state index in [1.807, 2.05) is 17.5 Å². The highest BCUT2D eigenvalue weighted by atomic mass is 32.1. The Morgan fingerprint density at radius 2 is 2.40 bits per heavy atom. The van der Waals surface area contributed by atoms with Gasteiger partial charge in [0.2, 0.25) is 0 Å². The molecule has 1 aliphatic heterocycles. The summed E-state index contributed by atoms with van der Waals surface area (Å²) in [4.78, 5) is 19.2. The number of hydrogen-bond donors (Lipinski definition) is 2. The molecule has 0 saturated heterocycles. The van der Waals surface area contributed by atoms with Crippen molar-refractivity contribution in [3.63, 3.8) is 0 Å². The van der Waals surface area contributed by atoms with Crippen LogP contribution >= 0.6 is 11.3 Å². The molecule has 0 radical (unpaired) electrons. The second kappa shape index (κ2) is 3.20. The molecule has 0 saturated carbocycles. The molecular formula is C10H9N3OS.